The average molecular weight is 422 g/mol. The number of aromatic amines is 1. The Morgan fingerprint density at radius 3 is 2.46 bits per heavy atom. The smallest absolute Gasteiger partial charge is 0.327 e. The van der Waals surface area contributed by atoms with Crippen LogP contribution in [0.1, 0.15) is 20.8 Å². The van der Waals surface area contributed by atoms with Crippen LogP contribution >= 0.6 is 23.4 Å². The summed E-state index contributed by atoms with van der Waals surface area (Å²) < 4.78 is 2.61. The van der Waals surface area contributed by atoms with Crippen molar-refractivity contribution >= 4 is 46.1 Å². The van der Waals surface area contributed by atoms with Crippen molar-refractivity contribution in [2.24, 2.45) is 0 Å². The van der Waals surface area contributed by atoms with Crippen molar-refractivity contribution in [1.82, 2.24) is 19.1 Å². The first-order chi connectivity index (χ1) is 13.3. The summed E-state index contributed by atoms with van der Waals surface area (Å²) in [4.78, 5) is 44.7. The molecule has 0 saturated carbocycles. The van der Waals surface area contributed by atoms with Gasteiger partial charge in [0.2, 0.25) is 5.91 Å². The number of nitrogens with one attached hydrogen (secondary N) is 2. The third kappa shape index (κ3) is 3.85. The maximum atomic E-state index is 12.5. The molecule has 2 heterocycles. The number of halogens is 1. The molecule has 1 atom stereocenters. The van der Waals surface area contributed by atoms with Gasteiger partial charge in [-0.15, -0.1) is 0 Å². The average Bonchev–Trinajstić information content (AvgIpc) is 3.08. The molecule has 2 aromatic heterocycles. The second-order valence-electron chi connectivity index (χ2n) is 6.07. The van der Waals surface area contributed by atoms with E-state index < -0.39 is 10.8 Å². The second-order valence-corrected chi connectivity index (χ2v) is 7.84. The van der Waals surface area contributed by atoms with Crippen LogP contribution in [0.15, 0.2) is 39.0 Å². The van der Waals surface area contributed by atoms with E-state index >= 15 is 0 Å². The van der Waals surface area contributed by atoms with Crippen LogP contribution in [0.2, 0.25) is 5.02 Å². The van der Waals surface area contributed by atoms with Gasteiger partial charge in [0.25, 0.3) is 5.56 Å². The summed E-state index contributed by atoms with van der Waals surface area (Å²) in [5.41, 5.74) is 0.395. The minimum absolute atomic E-state index is 0.216. The van der Waals surface area contributed by atoms with Gasteiger partial charge >= 0.3 is 5.69 Å². The molecule has 1 amide bonds. The topological polar surface area (TPSA) is 102 Å². The van der Waals surface area contributed by atoms with Crippen LogP contribution in [0.5, 0.6) is 0 Å². The molecule has 10 heteroatoms. The molecule has 28 heavy (non-hydrogen) atoms. The molecule has 1 aromatic carbocycles. The van der Waals surface area contributed by atoms with E-state index in [4.69, 9.17) is 11.6 Å². The molecule has 0 aliphatic carbocycles. The highest BCUT2D eigenvalue weighted by Gasteiger charge is 2.20. The number of aromatic nitrogens is 4. The van der Waals surface area contributed by atoms with E-state index in [2.05, 4.69) is 15.3 Å². The van der Waals surface area contributed by atoms with Gasteiger partial charge in [0.15, 0.2) is 16.3 Å². The van der Waals surface area contributed by atoms with E-state index in [0.717, 1.165) is 4.57 Å². The Balaban J connectivity index is 1.86. The number of aryl methyl sites for hydroxylation is 1. The molecule has 148 valence electrons. The molecule has 3 aromatic rings. The molecular formula is C18H20ClN5O3S. The number of anilines is 1. The Kier molecular flexibility index (Phi) is 5.95. The highest BCUT2D eigenvalue weighted by Crippen LogP contribution is 2.23. The van der Waals surface area contributed by atoms with Gasteiger partial charge in [-0.2, -0.15) is 0 Å². The Bertz CT molecular complexity index is 1130. The zero-order valence-corrected chi connectivity index (χ0v) is 17.2. The molecule has 8 nitrogen and oxygen atoms in total. The number of carbonyl (C=O) groups excluding carboxylic acids is 1. The highest BCUT2D eigenvalue weighted by molar-refractivity contribution is 8.00. The Labute approximate surface area is 169 Å². The summed E-state index contributed by atoms with van der Waals surface area (Å²) >= 11 is 7.02. The molecule has 2 N–H and O–H groups in total. The number of carbonyl (C=O) groups is 1. The number of amides is 1. The van der Waals surface area contributed by atoms with Crippen molar-refractivity contribution in [3.8, 4) is 0 Å². The standard InChI is InChI=1S/C18H20ClN5O3S/c1-4-23-14-13(16(26)24(5-2)18(23)27)21-17(22-14)28-10(3)15(25)20-12-8-6-11(19)7-9-12/h6-10H,4-5H2,1-3H3,(H,20,25)(H,21,22). The quantitative estimate of drug-likeness (QED) is 0.596. The van der Waals surface area contributed by atoms with E-state index in [-0.39, 0.29) is 23.7 Å². The van der Waals surface area contributed by atoms with Gasteiger partial charge < -0.3 is 10.3 Å². The van der Waals surface area contributed by atoms with Crippen LogP contribution < -0.4 is 16.6 Å². The number of fused-ring (bicyclic) bond motifs is 1. The van der Waals surface area contributed by atoms with Crippen molar-refractivity contribution in [3.05, 3.63) is 50.1 Å². The van der Waals surface area contributed by atoms with E-state index in [1.54, 1.807) is 38.1 Å². The first-order valence-electron chi connectivity index (χ1n) is 8.82. The van der Waals surface area contributed by atoms with Crippen LogP contribution in [-0.2, 0) is 17.9 Å². The zero-order chi connectivity index (χ0) is 20.4. The lowest BCUT2D eigenvalue weighted by atomic mass is 10.3. The zero-order valence-electron chi connectivity index (χ0n) is 15.7. The molecule has 0 radical (unpaired) electrons. The predicted octanol–water partition coefficient (Wildman–Crippen LogP) is 2.70. The summed E-state index contributed by atoms with van der Waals surface area (Å²) in [6, 6.07) is 6.81. The van der Waals surface area contributed by atoms with Crippen molar-refractivity contribution in [2.75, 3.05) is 5.32 Å². The fraction of sp³-hybridized carbons (Fsp3) is 0.333. The molecule has 1 unspecified atom stereocenters. The molecule has 0 fully saturated rings. The lowest BCUT2D eigenvalue weighted by Gasteiger charge is -2.10. The van der Waals surface area contributed by atoms with Gasteiger partial charge in [0, 0.05) is 23.8 Å². The number of hydrogen-bond donors (Lipinski definition) is 2. The van der Waals surface area contributed by atoms with Crippen LogP contribution in [0, 0.1) is 0 Å². The van der Waals surface area contributed by atoms with E-state index in [9.17, 15) is 14.4 Å². The summed E-state index contributed by atoms with van der Waals surface area (Å²) in [5, 5.41) is 3.31. The number of hydrogen-bond acceptors (Lipinski definition) is 5. The van der Waals surface area contributed by atoms with Gasteiger partial charge in [-0.05, 0) is 45.0 Å². The van der Waals surface area contributed by atoms with Crippen LogP contribution in [0.4, 0.5) is 5.69 Å². The second kappa shape index (κ2) is 8.24. The third-order valence-electron chi connectivity index (χ3n) is 4.24. The van der Waals surface area contributed by atoms with Gasteiger partial charge in [-0.1, -0.05) is 23.4 Å². The summed E-state index contributed by atoms with van der Waals surface area (Å²) in [7, 11) is 0. The number of nitrogens with zero attached hydrogens (tertiary/aromatic N) is 3. The van der Waals surface area contributed by atoms with Gasteiger partial charge in [-0.3, -0.25) is 18.7 Å². The predicted molar refractivity (Wildman–Crippen MR) is 111 cm³/mol. The number of thioether (sulfide) groups is 1. The lowest BCUT2D eigenvalue weighted by Crippen LogP contribution is -2.39. The Hall–Kier alpha value is -2.52. The normalized spacial score (nSPS) is 12.3. The number of imidazole rings is 1. The fourth-order valence-corrected chi connectivity index (χ4v) is 3.69. The first-order valence-corrected chi connectivity index (χ1v) is 10.1. The maximum Gasteiger partial charge on any atom is 0.332 e. The van der Waals surface area contributed by atoms with Crippen LogP contribution in [0.3, 0.4) is 0 Å². The largest absolute Gasteiger partial charge is 0.332 e. The van der Waals surface area contributed by atoms with E-state index in [0.29, 0.717) is 28.1 Å². The summed E-state index contributed by atoms with van der Waals surface area (Å²) in [6.45, 7) is 5.95. The van der Waals surface area contributed by atoms with Crippen molar-refractivity contribution < 1.29 is 4.79 Å². The molecule has 0 aliphatic rings. The molecule has 0 bridgehead atoms. The number of benzene rings is 1. The third-order valence-corrected chi connectivity index (χ3v) is 5.48. The van der Waals surface area contributed by atoms with E-state index in [1.807, 2.05) is 6.92 Å². The monoisotopic (exact) mass is 421 g/mol. The molecular weight excluding hydrogens is 402 g/mol. The summed E-state index contributed by atoms with van der Waals surface area (Å²) in [5.74, 6) is -0.216. The number of H-pyrrole nitrogens is 1. The van der Waals surface area contributed by atoms with Crippen molar-refractivity contribution in [1.29, 1.82) is 0 Å². The first kappa shape index (κ1) is 20.2. The van der Waals surface area contributed by atoms with Gasteiger partial charge in [0.05, 0.1) is 5.25 Å². The Morgan fingerprint density at radius 2 is 1.86 bits per heavy atom. The Morgan fingerprint density at radius 1 is 1.21 bits per heavy atom. The molecule has 0 spiro atoms. The number of rotatable bonds is 6. The minimum Gasteiger partial charge on any atom is -0.327 e. The summed E-state index contributed by atoms with van der Waals surface area (Å²) in [6.07, 6.45) is 0. The van der Waals surface area contributed by atoms with Gasteiger partial charge in [0.1, 0.15) is 0 Å². The van der Waals surface area contributed by atoms with Crippen molar-refractivity contribution in [3.63, 3.8) is 0 Å². The van der Waals surface area contributed by atoms with Crippen molar-refractivity contribution in [2.45, 2.75) is 44.3 Å². The van der Waals surface area contributed by atoms with E-state index in [1.165, 1.54) is 16.3 Å². The van der Waals surface area contributed by atoms with Gasteiger partial charge in [-0.25, -0.2) is 9.78 Å². The molecule has 3 rings (SSSR count). The molecule has 0 saturated heterocycles. The van der Waals surface area contributed by atoms with Crippen LogP contribution in [0.25, 0.3) is 11.2 Å². The SMILES string of the molecule is CCn1c(=O)c2[nH]c(SC(C)C(=O)Nc3ccc(Cl)cc3)nc2n(CC)c1=O. The van der Waals surface area contributed by atoms with Crippen LogP contribution in [-0.4, -0.2) is 30.3 Å². The maximum absolute atomic E-state index is 12.5. The molecule has 0 aliphatic heterocycles. The minimum atomic E-state index is -0.480. The fourth-order valence-electron chi connectivity index (χ4n) is 2.76. The lowest BCUT2D eigenvalue weighted by molar-refractivity contribution is -0.115. The highest BCUT2D eigenvalue weighted by atomic mass is 35.5.